The molecule has 0 saturated heterocycles. The average Bonchev–Trinajstić information content (AvgIpc) is 3.10. The lowest BCUT2D eigenvalue weighted by Gasteiger charge is -2.03. The molecule has 1 saturated carbocycles. The Labute approximate surface area is 88.7 Å². The van der Waals surface area contributed by atoms with Gasteiger partial charge < -0.3 is 10.1 Å². The fraction of sp³-hybridized carbons (Fsp3) is 0.455. The van der Waals surface area contributed by atoms with Crippen LogP contribution in [0, 0.1) is 0 Å². The molecule has 1 aliphatic carbocycles. The number of Topliss-reactive ketones (excluding diaryl/α,β-unsaturated/α-hetero) is 1. The summed E-state index contributed by atoms with van der Waals surface area (Å²) in [6, 6.07) is 2.26. The van der Waals surface area contributed by atoms with Crippen molar-refractivity contribution in [3.8, 4) is 5.75 Å². The third kappa shape index (κ3) is 2.76. The lowest BCUT2D eigenvalue weighted by atomic mass is 10.2. The number of aromatic nitrogens is 1. The second-order valence-electron chi connectivity index (χ2n) is 3.69. The number of nitrogens with one attached hydrogen (secondary N) is 1. The van der Waals surface area contributed by atoms with Crippen molar-refractivity contribution in [2.45, 2.75) is 18.9 Å². The molecule has 80 valence electrons. The van der Waals surface area contributed by atoms with Crippen molar-refractivity contribution in [2.75, 3.05) is 13.7 Å². The largest absolute Gasteiger partial charge is 0.495 e. The zero-order chi connectivity index (χ0) is 10.7. The molecule has 0 radical (unpaired) electrons. The van der Waals surface area contributed by atoms with E-state index in [2.05, 4.69) is 10.3 Å². The van der Waals surface area contributed by atoms with E-state index in [1.54, 1.807) is 25.6 Å². The first kappa shape index (κ1) is 10.1. The van der Waals surface area contributed by atoms with Gasteiger partial charge in [0.25, 0.3) is 0 Å². The molecule has 0 atom stereocenters. The molecule has 4 nitrogen and oxygen atoms in total. The Morgan fingerprint density at radius 2 is 2.40 bits per heavy atom. The molecular weight excluding hydrogens is 192 g/mol. The lowest BCUT2D eigenvalue weighted by molar-refractivity contribution is 0.0990. The number of methoxy groups -OCH3 is 1. The van der Waals surface area contributed by atoms with Gasteiger partial charge in [-0.15, -0.1) is 0 Å². The number of ketones is 1. The van der Waals surface area contributed by atoms with Gasteiger partial charge in [-0.25, -0.2) is 0 Å². The van der Waals surface area contributed by atoms with Gasteiger partial charge in [0.1, 0.15) is 5.75 Å². The van der Waals surface area contributed by atoms with E-state index in [0.717, 1.165) is 0 Å². The molecule has 15 heavy (non-hydrogen) atoms. The van der Waals surface area contributed by atoms with E-state index in [1.165, 1.54) is 12.8 Å². The molecule has 0 aliphatic heterocycles. The van der Waals surface area contributed by atoms with Crippen LogP contribution < -0.4 is 10.1 Å². The van der Waals surface area contributed by atoms with Gasteiger partial charge in [-0.1, -0.05) is 0 Å². The molecule has 1 fully saturated rings. The third-order valence-electron chi connectivity index (χ3n) is 2.40. The molecule has 2 rings (SSSR count). The highest BCUT2D eigenvalue weighted by molar-refractivity contribution is 5.97. The summed E-state index contributed by atoms with van der Waals surface area (Å²) in [6.45, 7) is 0.388. The number of carbonyl (C=O) groups is 1. The second kappa shape index (κ2) is 4.40. The SMILES string of the molecule is COc1cncc(C(=O)CNC2CC2)c1. The van der Waals surface area contributed by atoms with Gasteiger partial charge in [0.15, 0.2) is 5.78 Å². The molecule has 1 aromatic rings. The summed E-state index contributed by atoms with van der Waals surface area (Å²) < 4.78 is 5.01. The van der Waals surface area contributed by atoms with Crippen LogP contribution in [-0.2, 0) is 0 Å². The van der Waals surface area contributed by atoms with Crippen molar-refractivity contribution in [2.24, 2.45) is 0 Å². The molecule has 1 aromatic heterocycles. The first-order chi connectivity index (χ1) is 7.29. The van der Waals surface area contributed by atoms with E-state index in [0.29, 0.717) is 23.9 Å². The van der Waals surface area contributed by atoms with Crippen LogP contribution in [-0.4, -0.2) is 30.5 Å². The monoisotopic (exact) mass is 206 g/mol. The highest BCUT2D eigenvalue weighted by Gasteiger charge is 2.21. The summed E-state index contributed by atoms with van der Waals surface area (Å²) in [7, 11) is 1.56. The minimum atomic E-state index is 0.0632. The van der Waals surface area contributed by atoms with E-state index < -0.39 is 0 Å². The van der Waals surface area contributed by atoms with Crippen LogP contribution in [0.15, 0.2) is 18.5 Å². The fourth-order valence-electron chi connectivity index (χ4n) is 1.31. The Kier molecular flexibility index (Phi) is 2.97. The minimum Gasteiger partial charge on any atom is -0.495 e. The van der Waals surface area contributed by atoms with Crippen LogP contribution in [0.2, 0.25) is 0 Å². The Balaban J connectivity index is 1.96. The Morgan fingerprint density at radius 3 is 3.07 bits per heavy atom. The van der Waals surface area contributed by atoms with Crippen molar-refractivity contribution in [1.82, 2.24) is 10.3 Å². The zero-order valence-electron chi connectivity index (χ0n) is 8.69. The molecule has 0 aromatic carbocycles. The smallest absolute Gasteiger partial charge is 0.178 e. The maximum Gasteiger partial charge on any atom is 0.178 e. The summed E-state index contributed by atoms with van der Waals surface area (Å²) in [6.07, 6.45) is 5.53. The Morgan fingerprint density at radius 1 is 1.60 bits per heavy atom. The van der Waals surface area contributed by atoms with Crippen LogP contribution >= 0.6 is 0 Å². The van der Waals surface area contributed by atoms with Crippen molar-refractivity contribution in [1.29, 1.82) is 0 Å². The number of nitrogens with zero attached hydrogens (tertiary/aromatic N) is 1. The highest BCUT2D eigenvalue weighted by Crippen LogP contribution is 2.18. The van der Waals surface area contributed by atoms with Gasteiger partial charge in [0.05, 0.1) is 19.9 Å². The standard InChI is InChI=1S/C11H14N2O2/c1-15-10-4-8(5-12-6-10)11(14)7-13-9-2-3-9/h4-6,9,13H,2-3,7H2,1H3. The summed E-state index contributed by atoms with van der Waals surface area (Å²) in [5.74, 6) is 0.681. The van der Waals surface area contributed by atoms with Crippen molar-refractivity contribution in [3.05, 3.63) is 24.0 Å². The Bertz CT molecular complexity index is 361. The summed E-state index contributed by atoms with van der Waals surface area (Å²) in [4.78, 5) is 15.6. The number of rotatable bonds is 5. The fourth-order valence-corrected chi connectivity index (χ4v) is 1.31. The molecule has 0 unspecified atom stereocenters. The van der Waals surface area contributed by atoms with Gasteiger partial charge in [0.2, 0.25) is 0 Å². The predicted molar refractivity (Wildman–Crippen MR) is 56.1 cm³/mol. The number of hydrogen-bond donors (Lipinski definition) is 1. The summed E-state index contributed by atoms with van der Waals surface area (Å²) >= 11 is 0. The van der Waals surface area contributed by atoms with Gasteiger partial charge in [-0.3, -0.25) is 9.78 Å². The average molecular weight is 206 g/mol. The lowest BCUT2D eigenvalue weighted by Crippen LogP contribution is -2.24. The van der Waals surface area contributed by atoms with Crippen LogP contribution in [0.25, 0.3) is 0 Å². The molecule has 0 bridgehead atoms. The van der Waals surface area contributed by atoms with Crippen LogP contribution in [0.5, 0.6) is 5.75 Å². The summed E-state index contributed by atoms with van der Waals surface area (Å²) in [5, 5.41) is 3.17. The van der Waals surface area contributed by atoms with Crippen molar-refractivity contribution in [3.63, 3.8) is 0 Å². The molecule has 4 heteroatoms. The van der Waals surface area contributed by atoms with E-state index in [4.69, 9.17) is 4.74 Å². The molecule has 1 N–H and O–H groups in total. The van der Waals surface area contributed by atoms with Crippen molar-refractivity contribution >= 4 is 5.78 Å². The quantitative estimate of drug-likeness (QED) is 0.731. The molecule has 1 aliphatic rings. The van der Waals surface area contributed by atoms with E-state index in [9.17, 15) is 4.79 Å². The molecule has 0 spiro atoms. The van der Waals surface area contributed by atoms with E-state index >= 15 is 0 Å². The topological polar surface area (TPSA) is 51.2 Å². The maximum absolute atomic E-state index is 11.7. The minimum absolute atomic E-state index is 0.0632. The normalized spacial score (nSPS) is 15.0. The van der Waals surface area contributed by atoms with Crippen molar-refractivity contribution < 1.29 is 9.53 Å². The van der Waals surface area contributed by atoms with Crippen LogP contribution in [0.3, 0.4) is 0 Å². The maximum atomic E-state index is 11.7. The van der Waals surface area contributed by atoms with Crippen LogP contribution in [0.4, 0.5) is 0 Å². The van der Waals surface area contributed by atoms with E-state index in [1.807, 2.05) is 0 Å². The summed E-state index contributed by atoms with van der Waals surface area (Å²) in [5.41, 5.74) is 0.600. The van der Waals surface area contributed by atoms with Gasteiger partial charge >= 0.3 is 0 Å². The van der Waals surface area contributed by atoms with Gasteiger partial charge in [-0.05, 0) is 18.9 Å². The first-order valence-electron chi connectivity index (χ1n) is 5.05. The number of pyridine rings is 1. The number of ether oxygens (including phenoxy) is 1. The molecule has 0 amide bonds. The molecular formula is C11H14N2O2. The first-order valence-corrected chi connectivity index (χ1v) is 5.05. The van der Waals surface area contributed by atoms with Gasteiger partial charge in [-0.2, -0.15) is 0 Å². The second-order valence-corrected chi connectivity index (χ2v) is 3.69. The third-order valence-corrected chi connectivity index (χ3v) is 2.40. The number of carbonyl (C=O) groups excluding carboxylic acids is 1. The highest BCUT2D eigenvalue weighted by atomic mass is 16.5. The van der Waals surface area contributed by atoms with E-state index in [-0.39, 0.29) is 5.78 Å². The molecule has 1 heterocycles. The number of hydrogen-bond acceptors (Lipinski definition) is 4. The van der Waals surface area contributed by atoms with Crippen LogP contribution in [0.1, 0.15) is 23.2 Å². The Hall–Kier alpha value is -1.42. The zero-order valence-corrected chi connectivity index (χ0v) is 8.69. The predicted octanol–water partition coefficient (Wildman–Crippen LogP) is 1.02. The van der Waals surface area contributed by atoms with Gasteiger partial charge in [0, 0.05) is 17.8 Å².